The van der Waals surface area contributed by atoms with Gasteiger partial charge in [-0.15, -0.1) is 0 Å². The number of hydrogen-bond donors (Lipinski definition) is 0. The Morgan fingerprint density at radius 1 is 1.03 bits per heavy atom. The highest BCUT2D eigenvalue weighted by Gasteiger charge is 2.28. The number of carbonyl (C=O) groups is 2. The molecule has 0 saturated carbocycles. The van der Waals surface area contributed by atoms with Gasteiger partial charge >= 0.3 is 12.1 Å². The molecule has 0 aromatic heterocycles. The van der Waals surface area contributed by atoms with Crippen molar-refractivity contribution in [3.05, 3.63) is 23.3 Å². The van der Waals surface area contributed by atoms with Crippen LogP contribution in [0.4, 0.5) is 10.5 Å². The molecule has 0 bridgehead atoms. The number of benzene rings is 1. The van der Waals surface area contributed by atoms with Crippen LogP contribution in [0.5, 0.6) is 11.5 Å². The average Bonchev–Trinajstić information content (AvgIpc) is 3.04. The summed E-state index contributed by atoms with van der Waals surface area (Å²) in [5.74, 6) is 0.591. The van der Waals surface area contributed by atoms with Gasteiger partial charge in [-0.3, -0.25) is 4.99 Å². The summed E-state index contributed by atoms with van der Waals surface area (Å²) in [6, 6.07) is 3.52. The third-order valence-electron chi connectivity index (χ3n) is 5.33. The standard InChI is InChI=1S/C25H37N3O6/c1-9-33-23(29)17(2)22(18-15-20(31-7)21(32-8)16-19(18)26-6)27-11-10-12-28(14-13-27)24(30)34-25(3,4)5/h15-16H,6,9-14H2,1-5,7-8H3/b22-17-. The number of rotatable bonds is 7. The molecule has 0 unspecified atom stereocenters. The zero-order valence-electron chi connectivity index (χ0n) is 21.4. The molecule has 0 N–H and O–H groups in total. The summed E-state index contributed by atoms with van der Waals surface area (Å²) >= 11 is 0. The second-order valence-electron chi connectivity index (χ2n) is 8.88. The number of methoxy groups -OCH3 is 2. The van der Waals surface area contributed by atoms with Crippen LogP contribution >= 0.6 is 0 Å². The van der Waals surface area contributed by atoms with Gasteiger partial charge in [0, 0.05) is 37.8 Å². The van der Waals surface area contributed by atoms with E-state index >= 15 is 0 Å². The van der Waals surface area contributed by atoms with Crippen molar-refractivity contribution in [1.82, 2.24) is 9.80 Å². The number of amides is 1. The van der Waals surface area contributed by atoms with E-state index < -0.39 is 11.6 Å². The molecule has 34 heavy (non-hydrogen) atoms. The highest BCUT2D eigenvalue weighted by Crippen LogP contribution is 2.40. The first-order valence-electron chi connectivity index (χ1n) is 11.4. The van der Waals surface area contributed by atoms with E-state index in [-0.39, 0.29) is 12.7 Å². The summed E-state index contributed by atoms with van der Waals surface area (Å²) in [6.45, 7) is 15.1. The molecule has 2 rings (SSSR count). The molecule has 1 aliphatic rings. The van der Waals surface area contributed by atoms with E-state index in [1.807, 2.05) is 20.8 Å². The fourth-order valence-corrected chi connectivity index (χ4v) is 3.78. The SMILES string of the molecule is C=Nc1cc(OC)c(OC)cc1/C(=C(\C)C(=O)OCC)N1CCCN(C(=O)OC(C)(C)C)CC1. The van der Waals surface area contributed by atoms with E-state index in [0.29, 0.717) is 66.6 Å². The molecule has 0 radical (unpaired) electrons. The second-order valence-corrected chi connectivity index (χ2v) is 8.88. The molecule has 0 spiro atoms. The maximum Gasteiger partial charge on any atom is 0.410 e. The van der Waals surface area contributed by atoms with Crippen LogP contribution in [0.2, 0.25) is 0 Å². The van der Waals surface area contributed by atoms with Crippen molar-refractivity contribution in [2.45, 2.75) is 46.6 Å². The fourth-order valence-electron chi connectivity index (χ4n) is 3.78. The van der Waals surface area contributed by atoms with Gasteiger partial charge in [0.2, 0.25) is 0 Å². The monoisotopic (exact) mass is 475 g/mol. The Morgan fingerprint density at radius 2 is 1.62 bits per heavy atom. The molecule has 9 heteroatoms. The predicted octanol–water partition coefficient (Wildman–Crippen LogP) is 4.27. The molecule has 9 nitrogen and oxygen atoms in total. The van der Waals surface area contributed by atoms with E-state index in [2.05, 4.69) is 16.6 Å². The molecule has 0 atom stereocenters. The molecule has 1 aromatic rings. The Balaban J connectivity index is 2.52. The lowest BCUT2D eigenvalue weighted by molar-refractivity contribution is -0.138. The third kappa shape index (κ3) is 6.65. The van der Waals surface area contributed by atoms with E-state index in [0.717, 1.165) is 0 Å². The highest BCUT2D eigenvalue weighted by atomic mass is 16.6. The zero-order chi connectivity index (χ0) is 25.5. The molecule has 188 valence electrons. The molecule has 1 heterocycles. The number of nitrogens with zero attached hydrogens (tertiary/aromatic N) is 3. The van der Waals surface area contributed by atoms with Crippen LogP contribution in [0.25, 0.3) is 5.70 Å². The van der Waals surface area contributed by atoms with E-state index in [4.69, 9.17) is 18.9 Å². The quantitative estimate of drug-likeness (QED) is 0.330. The Bertz CT molecular complexity index is 935. The van der Waals surface area contributed by atoms with Crippen LogP contribution < -0.4 is 9.47 Å². The summed E-state index contributed by atoms with van der Waals surface area (Å²) in [4.78, 5) is 33.4. The normalized spacial score (nSPS) is 15.1. The van der Waals surface area contributed by atoms with Crippen LogP contribution in [0, 0.1) is 0 Å². The van der Waals surface area contributed by atoms with Gasteiger partial charge in [0.1, 0.15) is 5.60 Å². The Hall–Kier alpha value is -3.23. The minimum absolute atomic E-state index is 0.258. The van der Waals surface area contributed by atoms with E-state index in [9.17, 15) is 9.59 Å². The van der Waals surface area contributed by atoms with Crippen LogP contribution in [0.1, 0.15) is 46.6 Å². The third-order valence-corrected chi connectivity index (χ3v) is 5.33. The lowest BCUT2D eigenvalue weighted by atomic mass is 10.0. The lowest BCUT2D eigenvalue weighted by Crippen LogP contribution is -2.39. The molecule has 1 aromatic carbocycles. The average molecular weight is 476 g/mol. The van der Waals surface area contributed by atoms with E-state index in [1.165, 1.54) is 0 Å². The zero-order valence-corrected chi connectivity index (χ0v) is 21.4. The van der Waals surface area contributed by atoms with Crippen molar-refractivity contribution in [1.29, 1.82) is 0 Å². The summed E-state index contributed by atoms with van der Waals surface area (Å²) in [6.07, 6.45) is 0.352. The van der Waals surface area contributed by atoms with Crippen molar-refractivity contribution in [3.63, 3.8) is 0 Å². The minimum atomic E-state index is -0.571. The Labute approximate surface area is 202 Å². The Morgan fingerprint density at radius 3 is 2.18 bits per heavy atom. The molecule has 1 amide bonds. The van der Waals surface area contributed by atoms with Gasteiger partial charge in [-0.05, 0) is 53.8 Å². The van der Waals surface area contributed by atoms with Crippen molar-refractivity contribution in [2.75, 3.05) is 47.0 Å². The van der Waals surface area contributed by atoms with Crippen LogP contribution in [-0.2, 0) is 14.3 Å². The maximum atomic E-state index is 12.8. The highest BCUT2D eigenvalue weighted by molar-refractivity contribution is 5.98. The van der Waals surface area contributed by atoms with Gasteiger partial charge in [0.05, 0.1) is 37.8 Å². The first kappa shape index (κ1) is 27.0. The molecule has 1 aliphatic heterocycles. The smallest absolute Gasteiger partial charge is 0.410 e. The molecular weight excluding hydrogens is 438 g/mol. The van der Waals surface area contributed by atoms with Crippen LogP contribution in [0.15, 0.2) is 22.7 Å². The number of esters is 1. The van der Waals surface area contributed by atoms with Crippen molar-refractivity contribution < 1.29 is 28.5 Å². The molecule has 0 aliphatic carbocycles. The van der Waals surface area contributed by atoms with Crippen LogP contribution in [0.3, 0.4) is 0 Å². The first-order chi connectivity index (χ1) is 16.1. The molecule has 1 saturated heterocycles. The van der Waals surface area contributed by atoms with Gasteiger partial charge < -0.3 is 28.7 Å². The van der Waals surface area contributed by atoms with Gasteiger partial charge in [-0.1, -0.05) is 0 Å². The van der Waals surface area contributed by atoms with Gasteiger partial charge in [0.15, 0.2) is 11.5 Å². The van der Waals surface area contributed by atoms with Crippen LogP contribution in [-0.4, -0.2) is 81.2 Å². The van der Waals surface area contributed by atoms with Crippen molar-refractivity contribution >= 4 is 30.2 Å². The number of ether oxygens (including phenoxy) is 4. The van der Waals surface area contributed by atoms with Crippen molar-refractivity contribution in [2.24, 2.45) is 4.99 Å². The first-order valence-corrected chi connectivity index (χ1v) is 11.4. The summed E-state index contributed by atoms with van der Waals surface area (Å²) in [5, 5.41) is 0. The van der Waals surface area contributed by atoms with Crippen molar-refractivity contribution in [3.8, 4) is 11.5 Å². The van der Waals surface area contributed by atoms with Gasteiger partial charge in [0.25, 0.3) is 0 Å². The fraction of sp³-hybridized carbons (Fsp3) is 0.560. The summed E-state index contributed by atoms with van der Waals surface area (Å²) in [5.41, 5.74) is 1.74. The lowest BCUT2D eigenvalue weighted by Gasteiger charge is -2.29. The summed E-state index contributed by atoms with van der Waals surface area (Å²) < 4.78 is 21.8. The predicted molar refractivity (Wildman–Crippen MR) is 132 cm³/mol. The molecule has 1 fully saturated rings. The van der Waals surface area contributed by atoms with Gasteiger partial charge in [-0.25, -0.2) is 9.59 Å². The molecular formula is C25H37N3O6. The van der Waals surface area contributed by atoms with E-state index in [1.54, 1.807) is 45.1 Å². The largest absolute Gasteiger partial charge is 0.493 e. The minimum Gasteiger partial charge on any atom is -0.493 e. The summed E-state index contributed by atoms with van der Waals surface area (Å²) in [7, 11) is 3.10. The number of aliphatic imine (C=N–C) groups is 1. The maximum absolute atomic E-state index is 12.8. The second kappa shape index (κ2) is 11.8. The Kier molecular flexibility index (Phi) is 9.35. The topological polar surface area (TPSA) is 89.9 Å². The number of carbonyl (C=O) groups excluding carboxylic acids is 2. The number of hydrogen-bond acceptors (Lipinski definition) is 8. The van der Waals surface area contributed by atoms with Gasteiger partial charge in [-0.2, -0.15) is 0 Å².